The first kappa shape index (κ1) is 20.7. The Labute approximate surface area is 189 Å². The van der Waals surface area contributed by atoms with Gasteiger partial charge in [0.05, 0.1) is 19.1 Å². The lowest BCUT2D eigenvalue weighted by molar-refractivity contribution is -0.384. The van der Waals surface area contributed by atoms with Crippen molar-refractivity contribution < 1.29 is 19.2 Å². The third-order valence-corrected chi connectivity index (χ3v) is 5.92. The Balaban J connectivity index is 1.68. The number of rotatable bonds is 5. The molecule has 0 fully saturated rings. The topological polar surface area (TPSA) is 121 Å². The van der Waals surface area contributed by atoms with Crippen LogP contribution in [0, 0.1) is 10.1 Å². The number of benzene rings is 2. The number of aromatic nitrogens is 3. The number of fused-ring (bicyclic) bond motifs is 1. The van der Waals surface area contributed by atoms with E-state index in [4.69, 9.17) is 9.47 Å². The summed E-state index contributed by atoms with van der Waals surface area (Å²) >= 11 is 0. The Kier molecular flexibility index (Phi) is 5.04. The predicted molar refractivity (Wildman–Crippen MR) is 119 cm³/mol. The van der Waals surface area contributed by atoms with Gasteiger partial charge in [-0.3, -0.25) is 14.9 Å². The zero-order valence-electron chi connectivity index (χ0n) is 18.1. The van der Waals surface area contributed by atoms with Gasteiger partial charge >= 0.3 is 0 Å². The van der Waals surface area contributed by atoms with Crippen LogP contribution in [-0.2, 0) is 4.79 Å². The Bertz CT molecular complexity index is 1310. The van der Waals surface area contributed by atoms with Crippen molar-refractivity contribution >= 4 is 17.4 Å². The average Bonchev–Trinajstić information content (AvgIpc) is 3.26. The molecule has 5 rings (SSSR count). The third-order valence-electron chi connectivity index (χ3n) is 5.92. The van der Waals surface area contributed by atoms with Gasteiger partial charge in [-0.05, 0) is 25.0 Å². The second-order valence-electron chi connectivity index (χ2n) is 7.82. The van der Waals surface area contributed by atoms with Gasteiger partial charge in [-0.1, -0.05) is 12.1 Å². The first-order valence-corrected chi connectivity index (χ1v) is 10.5. The Hall–Kier alpha value is -4.21. The number of nitrogens with zero attached hydrogens (tertiary/aromatic N) is 4. The summed E-state index contributed by atoms with van der Waals surface area (Å²) in [6.45, 7) is 0. The highest BCUT2D eigenvalue weighted by Gasteiger charge is 2.38. The number of nitro groups is 1. The van der Waals surface area contributed by atoms with E-state index in [0.29, 0.717) is 40.8 Å². The molecule has 1 unspecified atom stereocenters. The van der Waals surface area contributed by atoms with Crippen LogP contribution in [0.1, 0.15) is 30.9 Å². The lowest BCUT2D eigenvalue weighted by Crippen LogP contribution is -2.31. The molecule has 2 aromatic carbocycles. The van der Waals surface area contributed by atoms with Gasteiger partial charge in [0.2, 0.25) is 5.95 Å². The van der Waals surface area contributed by atoms with E-state index in [-0.39, 0.29) is 11.5 Å². The fraction of sp³-hybridized carbons (Fsp3) is 0.261. The molecule has 1 N–H and O–H groups in total. The van der Waals surface area contributed by atoms with Crippen LogP contribution in [0.15, 0.2) is 53.7 Å². The fourth-order valence-corrected chi connectivity index (χ4v) is 4.37. The SMILES string of the molecule is COc1ccc(C2C3=C(CCCC3=O)Nc3nc(-c4cccc([N+](=O)[O-])c4)nn32)c(OC)c1. The minimum atomic E-state index is -0.551. The highest BCUT2D eigenvalue weighted by Crippen LogP contribution is 2.44. The number of hydrogen-bond donors (Lipinski definition) is 1. The second kappa shape index (κ2) is 8.05. The number of anilines is 1. The van der Waals surface area contributed by atoms with Crippen LogP contribution >= 0.6 is 0 Å². The number of hydrogen-bond acceptors (Lipinski definition) is 8. The summed E-state index contributed by atoms with van der Waals surface area (Å²) < 4.78 is 12.6. The molecule has 0 saturated heterocycles. The summed E-state index contributed by atoms with van der Waals surface area (Å²) in [6, 6.07) is 11.1. The van der Waals surface area contributed by atoms with E-state index in [1.54, 1.807) is 37.1 Å². The van der Waals surface area contributed by atoms with E-state index in [1.165, 1.54) is 12.1 Å². The zero-order chi connectivity index (χ0) is 23.1. The maximum Gasteiger partial charge on any atom is 0.270 e. The van der Waals surface area contributed by atoms with Gasteiger partial charge in [0.1, 0.15) is 17.5 Å². The van der Waals surface area contributed by atoms with Crippen molar-refractivity contribution in [2.75, 3.05) is 19.5 Å². The van der Waals surface area contributed by atoms with Crippen LogP contribution in [-0.4, -0.2) is 39.7 Å². The lowest BCUT2D eigenvalue weighted by atomic mass is 9.85. The summed E-state index contributed by atoms with van der Waals surface area (Å²) in [5.74, 6) is 2.03. The van der Waals surface area contributed by atoms with Gasteiger partial charge in [-0.25, -0.2) is 4.68 Å². The van der Waals surface area contributed by atoms with Crippen LogP contribution in [0.2, 0.25) is 0 Å². The van der Waals surface area contributed by atoms with E-state index in [2.05, 4.69) is 15.4 Å². The van der Waals surface area contributed by atoms with E-state index in [1.807, 2.05) is 12.1 Å². The second-order valence-corrected chi connectivity index (χ2v) is 7.82. The summed E-state index contributed by atoms with van der Waals surface area (Å²) in [7, 11) is 3.14. The molecule has 0 bridgehead atoms. The quantitative estimate of drug-likeness (QED) is 0.462. The van der Waals surface area contributed by atoms with Crippen molar-refractivity contribution in [2.45, 2.75) is 25.3 Å². The number of allylic oxidation sites excluding steroid dienone is 2. The van der Waals surface area contributed by atoms with Crippen molar-refractivity contribution in [1.82, 2.24) is 14.8 Å². The van der Waals surface area contributed by atoms with Gasteiger partial charge in [0.15, 0.2) is 11.6 Å². The van der Waals surface area contributed by atoms with Gasteiger partial charge < -0.3 is 14.8 Å². The number of nitrogens with one attached hydrogen (secondary N) is 1. The summed E-state index contributed by atoms with van der Waals surface area (Å²) in [5.41, 5.74) is 2.67. The molecule has 0 saturated carbocycles. The summed E-state index contributed by atoms with van der Waals surface area (Å²) in [5, 5.41) is 19.2. The maximum atomic E-state index is 13.0. The number of ether oxygens (including phenoxy) is 2. The summed E-state index contributed by atoms with van der Waals surface area (Å²) in [6.07, 6.45) is 1.93. The van der Waals surface area contributed by atoms with Crippen molar-refractivity contribution in [3.8, 4) is 22.9 Å². The van der Waals surface area contributed by atoms with Gasteiger partial charge in [-0.2, -0.15) is 4.98 Å². The number of carbonyl (C=O) groups excluding carboxylic acids is 1. The number of Topliss-reactive ketones (excluding diaryl/α,β-unsaturated/α-hetero) is 1. The van der Waals surface area contributed by atoms with Gasteiger partial charge in [0.25, 0.3) is 5.69 Å². The van der Waals surface area contributed by atoms with Crippen molar-refractivity contribution in [1.29, 1.82) is 0 Å². The number of ketones is 1. The molecule has 2 heterocycles. The van der Waals surface area contributed by atoms with Crippen LogP contribution in [0.4, 0.5) is 11.6 Å². The highest BCUT2D eigenvalue weighted by atomic mass is 16.6. The Morgan fingerprint density at radius 2 is 2.00 bits per heavy atom. The molecule has 10 nitrogen and oxygen atoms in total. The first-order chi connectivity index (χ1) is 16.0. The number of carbonyl (C=O) groups is 1. The van der Waals surface area contributed by atoms with Crippen LogP contribution in [0.25, 0.3) is 11.4 Å². The molecule has 1 aliphatic carbocycles. The molecule has 0 radical (unpaired) electrons. The smallest absolute Gasteiger partial charge is 0.270 e. The minimum Gasteiger partial charge on any atom is -0.497 e. The molecule has 33 heavy (non-hydrogen) atoms. The molecular weight excluding hydrogens is 426 g/mol. The molecular formula is C23H21N5O5. The standard InChI is InChI=1S/C23H21N5O5/c1-32-15-9-10-16(19(12-15)33-2)21-20-17(7-4-8-18(20)29)24-23-25-22(26-27(21)23)13-5-3-6-14(11-13)28(30)31/h3,5-6,9-12,21H,4,7-8H2,1-2H3,(H,24,25,26). The van der Waals surface area contributed by atoms with Crippen LogP contribution < -0.4 is 14.8 Å². The first-order valence-electron chi connectivity index (χ1n) is 10.5. The lowest BCUT2D eigenvalue weighted by Gasteiger charge is -2.32. The largest absolute Gasteiger partial charge is 0.497 e. The Morgan fingerprint density at radius 3 is 2.76 bits per heavy atom. The molecule has 10 heteroatoms. The molecule has 1 aromatic heterocycles. The molecule has 168 valence electrons. The maximum absolute atomic E-state index is 13.0. The fourth-order valence-electron chi connectivity index (χ4n) is 4.37. The van der Waals surface area contributed by atoms with E-state index in [0.717, 1.165) is 24.1 Å². The van der Waals surface area contributed by atoms with Crippen molar-refractivity contribution in [3.63, 3.8) is 0 Å². The average molecular weight is 447 g/mol. The molecule has 0 amide bonds. The molecule has 0 spiro atoms. The number of nitro benzene ring substituents is 1. The molecule has 1 aliphatic heterocycles. The zero-order valence-corrected chi connectivity index (χ0v) is 18.1. The van der Waals surface area contributed by atoms with Gasteiger partial charge in [-0.15, -0.1) is 5.10 Å². The number of non-ortho nitro benzene ring substituents is 1. The third kappa shape index (κ3) is 3.49. The highest BCUT2D eigenvalue weighted by molar-refractivity contribution is 5.99. The monoisotopic (exact) mass is 447 g/mol. The van der Waals surface area contributed by atoms with Gasteiger partial charge in [0, 0.05) is 47.0 Å². The minimum absolute atomic E-state index is 0.0460. The van der Waals surface area contributed by atoms with Crippen molar-refractivity contribution in [3.05, 3.63) is 69.4 Å². The van der Waals surface area contributed by atoms with E-state index in [9.17, 15) is 14.9 Å². The van der Waals surface area contributed by atoms with E-state index >= 15 is 0 Å². The van der Waals surface area contributed by atoms with Crippen molar-refractivity contribution in [2.24, 2.45) is 0 Å². The predicted octanol–water partition coefficient (Wildman–Crippen LogP) is 3.89. The summed E-state index contributed by atoms with van der Waals surface area (Å²) in [4.78, 5) is 28.4. The normalized spacial score (nSPS) is 17.2. The van der Waals surface area contributed by atoms with Crippen LogP contribution in [0.3, 0.4) is 0 Å². The molecule has 1 atom stereocenters. The Morgan fingerprint density at radius 1 is 1.15 bits per heavy atom. The number of methoxy groups -OCH3 is 2. The molecule has 2 aliphatic rings. The van der Waals surface area contributed by atoms with E-state index < -0.39 is 11.0 Å². The molecule has 3 aromatic rings. The van der Waals surface area contributed by atoms with Crippen LogP contribution in [0.5, 0.6) is 11.5 Å².